The quantitative estimate of drug-likeness (QED) is 0.641. The Bertz CT molecular complexity index is 755. The number of pyridine rings is 1. The van der Waals surface area contributed by atoms with Crippen molar-refractivity contribution in [3.8, 4) is 11.1 Å². The molecule has 1 aromatic heterocycles. The van der Waals surface area contributed by atoms with Gasteiger partial charge in [0.05, 0.1) is 22.7 Å². The summed E-state index contributed by atoms with van der Waals surface area (Å²) in [5, 5.41) is 0.352. The van der Waals surface area contributed by atoms with Gasteiger partial charge in [-0.05, 0) is 18.2 Å². The Balaban J connectivity index is 2.70. The Hall–Kier alpha value is -1.50. The van der Waals surface area contributed by atoms with Gasteiger partial charge in [-0.25, -0.2) is 9.78 Å². The molecular weight excluding hydrogens is 378 g/mol. The molecule has 0 atom stereocenters. The molecule has 0 aliphatic carbocycles. The number of carbonyl (C=O) groups is 1. The van der Waals surface area contributed by atoms with Crippen molar-refractivity contribution in [2.75, 3.05) is 7.11 Å². The molecule has 1 aromatic carbocycles. The van der Waals surface area contributed by atoms with Crippen molar-refractivity contribution >= 4 is 40.8 Å². The van der Waals surface area contributed by atoms with Crippen molar-refractivity contribution in [2.45, 2.75) is 6.18 Å². The van der Waals surface area contributed by atoms with Crippen molar-refractivity contribution in [1.82, 2.24) is 4.98 Å². The summed E-state index contributed by atoms with van der Waals surface area (Å²) in [7, 11) is 0.963. The molecule has 0 spiro atoms. The number of hydrogen-bond acceptors (Lipinski definition) is 3. The molecule has 9 heteroatoms. The van der Waals surface area contributed by atoms with Gasteiger partial charge in [0.2, 0.25) is 0 Å². The monoisotopic (exact) mass is 383 g/mol. The molecule has 122 valence electrons. The van der Waals surface area contributed by atoms with Crippen LogP contribution in [0.4, 0.5) is 13.2 Å². The molecule has 0 unspecified atom stereocenters. The number of halogens is 6. The molecule has 0 radical (unpaired) electrons. The van der Waals surface area contributed by atoms with Crippen molar-refractivity contribution in [3.63, 3.8) is 0 Å². The number of aromatic nitrogens is 1. The van der Waals surface area contributed by atoms with Gasteiger partial charge in [-0.15, -0.1) is 0 Å². The molecular formula is C14H7Cl3F3NO2. The average Bonchev–Trinajstić information content (AvgIpc) is 2.44. The summed E-state index contributed by atoms with van der Waals surface area (Å²) in [6.45, 7) is 0. The standard InChI is InChI=1S/C14H7Cl3F3NO2/c1-23-13(22)12-8(14(18,19)20)2-6(5-21-12)11-9(16)3-7(15)4-10(11)17/h2-5H,1H3. The molecule has 0 aliphatic heterocycles. The second-order valence-corrected chi connectivity index (χ2v) is 5.60. The van der Waals surface area contributed by atoms with Crippen molar-refractivity contribution < 1.29 is 22.7 Å². The second kappa shape index (κ2) is 6.55. The predicted octanol–water partition coefficient (Wildman–Crippen LogP) is 5.51. The number of alkyl halides is 3. The van der Waals surface area contributed by atoms with E-state index in [9.17, 15) is 18.0 Å². The van der Waals surface area contributed by atoms with Crippen LogP contribution in [0.2, 0.25) is 15.1 Å². The number of esters is 1. The van der Waals surface area contributed by atoms with Crippen LogP contribution in [0.3, 0.4) is 0 Å². The Morgan fingerprint density at radius 3 is 2.17 bits per heavy atom. The summed E-state index contributed by atoms with van der Waals surface area (Å²) in [5.41, 5.74) is -1.96. The van der Waals surface area contributed by atoms with Gasteiger partial charge in [-0.2, -0.15) is 13.2 Å². The van der Waals surface area contributed by atoms with Gasteiger partial charge in [-0.1, -0.05) is 34.8 Å². The minimum Gasteiger partial charge on any atom is -0.464 e. The van der Waals surface area contributed by atoms with Crippen LogP contribution in [0, 0.1) is 0 Å². The predicted molar refractivity (Wildman–Crippen MR) is 81.0 cm³/mol. The Morgan fingerprint density at radius 2 is 1.70 bits per heavy atom. The van der Waals surface area contributed by atoms with E-state index in [0.717, 1.165) is 19.4 Å². The number of carbonyl (C=O) groups excluding carboxylic acids is 1. The Labute approximate surface area is 143 Å². The summed E-state index contributed by atoms with van der Waals surface area (Å²) in [5.74, 6) is -1.20. The summed E-state index contributed by atoms with van der Waals surface area (Å²) in [4.78, 5) is 15.0. The highest BCUT2D eigenvalue weighted by atomic mass is 35.5. The largest absolute Gasteiger partial charge is 0.464 e. The summed E-state index contributed by atoms with van der Waals surface area (Å²) in [6, 6.07) is 3.41. The summed E-state index contributed by atoms with van der Waals surface area (Å²) in [6.07, 6.45) is -3.75. The van der Waals surface area contributed by atoms with E-state index >= 15 is 0 Å². The molecule has 0 aliphatic rings. The van der Waals surface area contributed by atoms with E-state index in [1.807, 2.05) is 0 Å². The van der Waals surface area contributed by atoms with Gasteiger partial charge in [0.25, 0.3) is 0 Å². The van der Waals surface area contributed by atoms with Crippen LogP contribution in [0.1, 0.15) is 16.1 Å². The van der Waals surface area contributed by atoms with Gasteiger partial charge >= 0.3 is 12.1 Å². The van der Waals surface area contributed by atoms with Crippen LogP contribution in [-0.2, 0) is 10.9 Å². The lowest BCUT2D eigenvalue weighted by Crippen LogP contribution is -2.16. The minimum atomic E-state index is -4.81. The SMILES string of the molecule is COC(=O)c1ncc(-c2c(Cl)cc(Cl)cc2Cl)cc1C(F)(F)F. The van der Waals surface area contributed by atoms with Crippen LogP contribution >= 0.6 is 34.8 Å². The fourth-order valence-electron chi connectivity index (χ4n) is 1.89. The molecule has 0 fully saturated rings. The molecule has 23 heavy (non-hydrogen) atoms. The topological polar surface area (TPSA) is 39.2 Å². The van der Waals surface area contributed by atoms with E-state index in [2.05, 4.69) is 9.72 Å². The first-order valence-electron chi connectivity index (χ1n) is 5.95. The van der Waals surface area contributed by atoms with Crippen molar-refractivity contribution in [2.24, 2.45) is 0 Å². The third-order valence-electron chi connectivity index (χ3n) is 2.87. The molecule has 0 saturated heterocycles. The van der Waals surface area contributed by atoms with Crippen LogP contribution in [0.5, 0.6) is 0 Å². The third-order valence-corrected chi connectivity index (χ3v) is 3.68. The molecule has 0 N–H and O–H groups in total. The zero-order valence-electron chi connectivity index (χ0n) is 11.3. The van der Waals surface area contributed by atoms with E-state index in [1.54, 1.807) is 0 Å². The van der Waals surface area contributed by atoms with E-state index < -0.39 is 23.4 Å². The van der Waals surface area contributed by atoms with Gasteiger partial charge in [-0.3, -0.25) is 0 Å². The Morgan fingerprint density at radius 1 is 1.13 bits per heavy atom. The maximum atomic E-state index is 13.2. The molecule has 0 bridgehead atoms. The van der Waals surface area contributed by atoms with Gasteiger partial charge in [0, 0.05) is 22.3 Å². The number of nitrogens with zero attached hydrogens (tertiary/aromatic N) is 1. The normalized spacial score (nSPS) is 11.4. The lowest BCUT2D eigenvalue weighted by Gasteiger charge is -2.14. The first-order chi connectivity index (χ1) is 10.6. The minimum absolute atomic E-state index is 0.00311. The highest BCUT2D eigenvalue weighted by Crippen LogP contribution is 2.40. The van der Waals surface area contributed by atoms with E-state index in [0.29, 0.717) is 0 Å². The van der Waals surface area contributed by atoms with Crippen LogP contribution in [0.15, 0.2) is 24.4 Å². The lowest BCUT2D eigenvalue weighted by atomic mass is 10.0. The molecule has 3 nitrogen and oxygen atoms in total. The van der Waals surface area contributed by atoms with E-state index in [1.165, 1.54) is 12.1 Å². The number of ether oxygens (including phenoxy) is 1. The number of methoxy groups -OCH3 is 1. The molecule has 1 heterocycles. The lowest BCUT2D eigenvalue weighted by molar-refractivity contribution is -0.138. The van der Waals surface area contributed by atoms with Crippen LogP contribution in [0.25, 0.3) is 11.1 Å². The van der Waals surface area contributed by atoms with E-state index in [4.69, 9.17) is 34.8 Å². The van der Waals surface area contributed by atoms with Crippen LogP contribution in [-0.4, -0.2) is 18.1 Å². The first kappa shape index (κ1) is 17.8. The second-order valence-electron chi connectivity index (χ2n) is 4.35. The van der Waals surface area contributed by atoms with E-state index in [-0.39, 0.29) is 26.2 Å². The highest BCUT2D eigenvalue weighted by Gasteiger charge is 2.37. The fraction of sp³-hybridized carbons (Fsp3) is 0.143. The zero-order chi connectivity index (χ0) is 17.4. The number of hydrogen-bond donors (Lipinski definition) is 0. The first-order valence-corrected chi connectivity index (χ1v) is 7.09. The zero-order valence-corrected chi connectivity index (χ0v) is 13.6. The Kier molecular flexibility index (Phi) is 5.08. The maximum absolute atomic E-state index is 13.2. The van der Waals surface area contributed by atoms with Gasteiger partial charge in [0.15, 0.2) is 5.69 Å². The van der Waals surface area contributed by atoms with Crippen LogP contribution < -0.4 is 0 Å². The molecule has 0 saturated carbocycles. The van der Waals surface area contributed by atoms with Gasteiger partial charge < -0.3 is 4.74 Å². The molecule has 2 rings (SSSR count). The average molecular weight is 385 g/mol. The molecule has 0 amide bonds. The summed E-state index contributed by atoms with van der Waals surface area (Å²) >= 11 is 17.8. The smallest absolute Gasteiger partial charge is 0.418 e. The molecule has 2 aromatic rings. The van der Waals surface area contributed by atoms with Crippen molar-refractivity contribution in [1.29, 1.82) is 0 Å². The third kappa shape index (κ3) is 3.71. The fourth-order valence-corrected chi connectivity index (χ4v) is 2.93. The van der Waals surface area contributed by atoms with Gasteiger partial charge in [0.1, 0.15) is 0 Å². The number of rotatable bonds is 2. The maximum Gasteiger partial charge on any atom is 0.418 e. The summed E-state index contributed by atoms with van der Waals surface area (Å²) < 4.78 is 43.8. The van der Waals surface area contributed by atoms with Crippen molar-refractivity contribution in [3.05, 3.63) is 50.7 Å². The number of benzene rings is 1. The highest BCUT2D eigenvalue weighted by molar-refractivity contribution is 6.41.